The maximum atomic E-state index is 12.2. The van der Waals surface area contributed by atoms with E-state index in [0.717, 1.165) is 11.3 Å². The van der Waals surface area contributed by atoms with Crippen LogP contribution in [0.25, 0.3) is 0 Å². The third-order valence-corrected chi connectivity index (χ3v) is 3.44. The molecule has 20 heavy (non-hydrogen) atoms. The summed E-state index contributed by atoms with van der Waals surface area (Å²) in [4.78, 5) is 16.4. The monoisotopic (exact) mass is 309 g/mol. The van der Waals surface area contributed by atoms with Gasteiger partial charge < -0.3 is 11.1 Å². The lowest BCUT2D eigenvalue weighted by Crippen LogP contribution is -2.14. The molecule has 0 saturated carbocycles. The number of nitrogens with zero attached hydrogens (tertiary/aromatic N) is 1. The second-order valence-corrected chi connectivity index (χ2v) is 5.27. The Morgan fingerprint density at radius 2 is 1.90 bits per heavy atom. The van der Waals surface area contributed by atoms with Crippen LogP contribution < -0.4 is 11.1 Å². The number of nitrogens with two attached hydrogens (primary N) is 1. The van der Waals surface area contributed by atoms with Gasteiger partial charge in [-0.3, -0.25) is 4.79 Å². The zero-order valence-corrected chi connectivity index (χ0v) is 12.5. The first kappa shape index (κ1) is 14.6. The van der Waals surface area contributed by atoms with Gasteiger partial charge in [-0.15, -0.1) is 0 Å². The molecule has 0 bridgehead atoms. The third kappa shape index (κ3) is 3.21. The minimum Gasteiger partial charge on any atom is -0.399 e. The fraction of sp³-hybridized carbons (Fsp3) is 0.143. The van der Waals surface area contributed by atoms with E-state index < -0.39 is 5.91 Å². The predicted molar refractivity (Wildman–Crippen MR) is 82.5 cm³/mol. The molecule has 1 heterocycles. The molecule has 3 N–H and O–H groups in total. The Bertz CT molecular complexity index is 666. The molecule has 1 aromatic carbocycles. The third-order valence-electron chi connectivity index (χ3n) is 2.63. The van der Waals surface area contributed by atoms with Crippen LogP contribution >= 0.6 is 23.2 Å². The van der Waals surface area contributed by atoms with Crippen molar-refractivity contribution in [2.45, 2.75) is 13.8 Å². The van der Waals surface area contributed by atoms with E-state index in [1.807, 2.05) is 19.9 Å². The predicted octanol–water partition coefficient (Wildman–Crippen LogP) is 3.84. The van der Waals surface area contributed by atoms with Gasteiger partial charge in [0.15, 0.2) is 0 Å². The van der Waals surface area contributed by atoms with Crippen LogP contribution in [0.1, 0.15) is 21.6 Å². The average molecular weight is 310 g/mol. The summed E-state index contributed by atoms with van der Waals surface area (Å²) in [6, 6.07) is 6.66. The number of carbonyl (C=O) groups is 1. The second-order valence-electron chi connectivity index (χ2n) is 4.49. The maximum Gasteiger partial charge on any atom is 0.258 e. The van der Waals surface area contributed by atoms with Crippen molar-refractivity contribution >= 4 is 40.6 Å². The highest BCUT2D eigenvalue weighted by Crippen LogP contribution is 2.29. The Balaban J connectivity index is 2.33. The highest BCUT2D eigenvalue weighted by molar-refractivity contribution is 6.44. The molecule has 0 unspecified atom stereocenters. The number of anilines is 2. The molecule has 0 saturated heterocycles. The number of benzene rings is 1. The molecular weight excluding hydrogens is 297 g/mol. The molecule has 0 radical (unpaired) electrons. The lowest BCUT2D eigenvalue weighted by Gasteiger charge is -2.09. The summed E-state index contributed by atoms with van der Waals surface area (Å²) in [5.74, 6) is 0.0591. The van der Waals surface area contributed by atoms with Gasteiger partial charge in [0.05, 0.1) is 15.6 Å². The molecule has 4 nitrogen and oxygen atoms in total. The van der Waals surface area contributed by atoms with Crippen LogP contribution in [0.15, 0.2) is 24.3 Å². The molecule has 104 valence electrons. The van der Waals surface area contributed by atoms with Gasteiger partial charge in [0.2, 0.25) is 0 Å². The number of halogens is 2. The Hall–Kier alpha value is -1.78. The van der Waals surface area contributed by atoms with E-state index in [1.165, 1.54) is 12.1 Å². The van der Waals surface area contributed by atoms with Crippen molar-refractivity contribution in [3.8, 4) is 0 Å². The number of hydrogen-bond acceptors (Lipinski definition) is 3. The van der Waals surface area contributed by atoms with Gasteiger partial charge in [0.25, 0.3) is 5.91 Å². The SMILES string of the molecule is Cc1cc(C)nc(NC(=O)c2cc(N)cc(Cl)c2Cl)c1. The minimum absolute atomic E-state index is 0.169. The van der Waals surface area contributed by atoms with Gasteiger partial charge in [-0.05, 0) is 43.7 Å². The van der Waals surface area contributed by atoms with Gasteiger partial charge in [0, 0.05) is 11.4 Å². The van der Waals surface area contributed by atoms with Crippen LogP contribution in [-0.4, -0.2) is 10.9 Å². The van der Waals surface area contributed by atoms with Crippen molar-refractivity contribution < 1.29 is 4.79 Å². The van der Waals surface area contributed by atoms with Crippen molar-refractivity contribution in [1.29, 1.82) is 0 Å². The lowest BCUT2D eigenvalue weighted by atomic mass is 10.2. The van der Waals surface area contributed by atoms with Crippen LogP contribution in [0.2, 0.25) is 10.0 Å². The summed E-state index contributed by atoms with van der Waals surface area (Å²) in [6.45, 7) is 3.78. The Morgan fingerprint density at radius 3 is 2.55 bits per heavy atom. The number of pyridine rings is 1. The molecule has 1 amide bonds. The summed E-state index contributed by atoms with van der Waals surface area (Å²) in [7, 11) is 0. The van der Waals surface area contributed by atoms with E-state index >= 15 is 0 Å². The summed E-state index contributed by atoms with van der Waals surface area (Å²) in [5, 5.41) is 3.10. The topological polar surface area (TPSA) is 68.0 Å². The number of amides is 1. The van der Waals surface area contributed by atoms with Crippen LogP contribution in [0.5, 0.6) is 0 Å². The molecule has 2 rings (SSSR count). The lowest BCUT2D eigenvalue weighted by molar-refractivity contribution is 0.102. The smallest absolute Gasteiger partial charge is 0.258 e. The van der Waals surface area contributed by atoms with Crippen LogP contribution in [-0.2, 0) is 0 Å². The molecule has 0 fully saturated rings. The van der Waals surface area contributed by atoms with Crippen LogP contribution in [0, 0.1) is 13.8 Å². The number of aromatic nitrogens is 1. The van der Waals surface area contributed by atoms with Crippen LogP contribution in [0.4, 0.5) is 11.5 Å². The van der Waals surface area contributed by atoms with E-state index in [1.54, 1.807) is 6.07 Å². The molecule has 0 aliphatic carbocycles. The van der Waals surface area contributed by atoms with Gasteiger partial charge >= 0.3 is 0 Å². The van der Waals surface area contributed by atoms with Crippen molar-refractivity contribution in [3.05, 3.63) is 51.1 Å². The molecule has 0 atom stereocenters. The molecule has 0 aliphatic rings. The Morgan fingerprint density at radius 1 is 1.20 bits per heavy atom. The first-order valence-electron chi connectivity index (χ1n) is 5.88. The fourth-order valence-corrected chi connectivity index (χ4v) is 2.29. The average Bonchev–Trinajstić information content (AvgIpc) is 2.32. The molecule has 6 heteroatoms. The van der Waals surface area contributed by atoms with E-state index in [9.17, 15) is 4.79 Å². The van der Waals surface area contributed by atoms with Crippen molar-refractivity contribution in [2.24, 2.45) is 0 Å². The van der Waals surface area contributed by atoms with E-state index in [-0.39, 0.29) is 15.6 Å². The zero-order valence-electron chi connectivity index (χ0n) is 11.0. The first-order chi connectivity index (χ1) is 9.36. The van der Waals surface area contributed by atoms with Crippen molar-refractivity contribution in [3.63, 3.8) is 0 Å². The van der Waals surface area contributed by atoms with Gasteiger partial charge in [-0.25, -0.2) is 4.98 Å². The number of nitrogens with one attached hydrogen (secondary N) is 1. The molecular formula is C14H13Cl2N3O. The van der Waals surface area contributed by atoms with Crippen molar-refractivity contribution in [2.75, 3.05) is 11.1 Å². The standard InChI is InChI=1S/C14H13Cl2N3O/c1-7-3-8(2)18-12(4-7)19-14(20)10-5-9(17)6-11(15)13(10)16/h3-6H,17H2,1-2H3,(H,18,19,20). The van der Waals surface area contributed by atoms with E-state index in [4.69, 9.17) is 28.9 Å². The number of nitrogen functional groups attached to an aromatic ring is 1. The summed E-state index contributed by atoms with van der Waals surface area (Å²) >= 11 is 11.9. The quantitative estimate of drug-likeness (QED) is 0.828. The molecule has 2 aromatic rings. The largest absolute Gasteiger partial charge is 0.399 e. The molecule has 1 aromatic heterocycles. The second kappa shape index (κ2) is 5.69. The van der Waals surface area contributed by atoms with E-state index in [0.29, 0.717) is 11.5 Å². The highest BCUT2D eigenvalue weighted by Gasteiger charge is 2.15. The Kier molecular flexibility index (Phi) is 4.16. The Labute approximate surface area is 126 Å². The molecule has 0 spiro atoms. The number of carbonyl (C=O) groups excluding carboxylic acids is 1. The minimum atomic E-state index is -0.401. The number of aryl methyl sites for hydroxylation is 2. The fourth-order valence-electron chi connectivity index (χ4n) is 1.86. The number of rotatable bonds is 2. The van der Waals surface area contributed by atoms with Crippen LogP contribution in [0.3, 0.4) is 0 Å². The molecule has 0 aliphatic heterocycles. The van der Waals surface area contributed by atoms with E-state index in [2.05, 4.69) is 10.3 Å². The first-order valence-corrected chi connectivity index (χ1v) is 6.63. The summed E-state index contributed by atoms with van der Waals surface area (Å²) < 4.78 is 0. The summed E-state index contributed by atoms with van der Waals surface area (Å²) in [6.07, 6.45) is 0. The van der Waals surface area contributed by atoms with Crippen molar-refractivity contribution in [1.82, 2.24) is 4.98 Å². The zero-order chi connectivity index (χ0) is 14.9. The van der Waals surface area contributed by atoms with Gasteiger partial charge in [0.1, 0.15) is 5.82 Å². The summed E-state index contributed by atoms with van der Waals surface area (Å²) in [5.41, 5.74) is 8.08. The highest BCUT2D eigenvalue weighted by atomic mass is 35.5. The van der Waals surface area contributed by atoms with Gasteiger partial charge in [-0.1, -0.05) is 23.2 Å². The maximum absolute atomic E-state index is 12.2. The number of hydrogen-bond donors (Lipinski definition) is 2. The van der Waals surface area contributed by atoms with Gasteiger partial charge in [-0.2, -0.15) is 0 Å². The normalized spacial score (nSPS) is 10.4.